The number of rotatable bonds is 6. The molecule has 176 valence electrons. The number of hydrogen-bond donors (Lipinski definition) is 0. The average molecular weight is 462 g/mol. The molecule has 0 saturated carbocycles. The van der Waals surface area contributed by atoms with Crippen molar-refractivity contribution in [2.45, 2.75) is 32.9 Å². The number of nitrogens with zero attached hydrogens (tertiary/aromatic N) is 3. The molecule has 2 aromatic heterocycles. The second-order valence-electron chi connectivity index (χ2n) is 8.19. The Morgan fingerprint density at radius 3 is 2.56 bits per heavy atom. The van der Waals surface area contributed by atoms with E-state index in [1.165, 1.54) is 13.2 Å². The van der Waals surface area contributed by atoms with Crippen molar-refractivity contribution in [1.29, 1.82) is 0 Å². The molecule has 0 aliphatic carbocycles. The van der Waals surface area contributed by atoms with Gasteiger partial charge in [0, 0.05) is 50.2 Å². The van der Waals surface area contributed by atoms with Crippen molar-refractivity contribution in [3.63, 3.8) is 0 Å². The van der Waals surface area contributed by atoms with Crippen LogP contribution in [0.4, 0.5) is 0 Å². The average Bonchev–Trinajstić information content (AvgIpc) is 3.08. The van der Waals surface area contributed by atoms with E-state index in [9.17, 15) is 14.4 Å². The maximum atomic E-state index is 13.0. The maximum absolute atomic E-state index is 13.0. The molecule has 3 heterocycles. The van der Waals surface area contributed by atoms with Crippen LogP contribution in [0.3, 0.4) is 0 Å². The zero-order chi connectivity index (χ0) is 24.1. The molecule has 0 saturated heterocycles. The molecule has 0 radical (unpaired) electrons. The fourth-order valence-electron chi connectivity index (χ4n) is 4.16. The number of methoxy groups -OCH3 is 1. The first-order chi connectivity index (χ1) is 16.5. The van der Waals surface area contributed by atoms with Crippen LogP contribution >= 0.6 is 0 Å². The molecule has 0 unspecified atom stereocenters. The Kier molecular flexibility index (Phi) is 7.06. The SMILES string of the molecule is COC(=O)c1c(OCc2ccncc2)cc(=O)n2c1CCN(C(=O)Cc1ccccc1C)CC2. The first kappa shape index (κ1) is 23.2. The molecule has 0 N–H and O–H groups in total. The summed E-state index contributed by atoms with van der Waals surface area (Å²) in [5.41, 5.74) is 3.37. The first-order valence-electron chi connectivity index (χ1n) is 11.2. The highest BCUT2D eigenvalue weighted by Gasteiger charge is 2.27. The van der Waals surface area contributed by atoms with Crippen molar-refractivity contribution in [1.82, 2.24) is 14.5 Å². The predicted octanol–water partition coefficient (Wildman–Crippen LogP) is 2.54. The third-order valence-electron chi connectivity index (χ3n) is 6.08. The van der Waals surface area contributed by atoms with Gasteiger partial charge in [-0.3, -0.25) is 14.6 Å². The summed E-state index contributed by atoms with van der Waals surface area (Å²) in [5, 5.41) is 0. The van der Waals surface area contributed by atoms with Gasteiger partial charge >= 0.3 is 5.97 Å². The van der Waals surface area contributed by atoms with E-state index in [-0.39, 0.29) is 29.4 Å². The number of carbonyl (C=O) groups excluding carboxylic acids is 2. The van der Waals surface area contributed by atoms with Gasteiger partial charge in [0.1, 0.15) is 17.9 Å². The van der Waals surface area contributed by atoms with Crippen LogP contribution < -0.4 is 10.3 Å². The Bertz CT molecular complexity index is 1250. The molecule has 1 aromatic carbocycles. The first-order valence-corrected chi connectivity index (χ1v) is 11.2. The number of fused-ring (bicyclic) bond motifs is 1. The molecule has 1 aliphatic heterocycles. The van der Waals surface area contributed by atoms with Crippen molar-refractivity contribution in [3.8, 4) is 5.75 Å². The van der Waals surface area contributed by atoms with E-state index in [0.717, 1.165) is 16.7 Å². The van der Waals surface area contributed by atoms with E-state index in [0.29, 0.717) is 38.2 Å². The standard InChI is InChI=1S/C26H27N3O5/c1-18-5-3-4-6-20(18)15-23(30)28-12-9-21-25(26(32)33-2)22(16-24(31)29(21)14-13-28)34-17-19-7-10-27-11-8-19/h3-8,10-11,16H,9,12-15,17H2,1-2H3. The summed E-state index contributed by atoms with van der Waals surface area (Å²) in [4.78, 5) is 44.4. The van der Waals surface area contributed by atoms with Crippen molar-refractivity contribution in [2.75, 3.05) is 20.2 Å². The van der Waals surface area contributed by atoms with E-state index in [2.05, 4.69) is 4.98 Å². The topological polar surface area (TPSA) is 90.7 Å². The molecule has 34 heavy (non-hydrogen) atoms. The summed E-state index contributed by atoms with van der Waals surface area (Å²) in [5.74, 6) is -0.406. The van der Waals surface area contributed by atoms with Crippen molar-refractivity contribution >= 4 is 11.9 Å². The van der Waals surface area contributed by atoms with Crippen LogP contribution in [-0.4, -0.2) is 46.5 Å². The zero-order valence-corrected chi connectivity index (χ0v) is 19.3. The summed E-state index contributed by atoms with van der Waals surface area (Å²) >= 11 is 0. The molecule has 8 nitrogen and oxygen atoms in total. The van der Waals surface area contributed by atoms with Gasteiger partial charge in [-0.05, 0) is 35.7 Å². The van der Waals surface area contributed by atoms with Gasteiger partial charge in [0.15, 0.2) is 0 Å². The number of benzene rings is 1. The third-order valence-corrected chi connectivity index (χ3v) is 6.08. The Hall–Kier alpha value is -3.94. The van der Waals surface area contributed by atoms with Crippen molar-refractivity contribution in [2.24, 2.45) is 0 Å². The lowest BCUT2D eigenvalue weighted by atomic mass is 10.1. The zero-order valence-electron chi connectivity index (χ0n) is 19.3. The summed E-state index contributed by atoms with van der Waals surface area (Å²) in [6.07, 6.45) is 3.93. The van der Waals surface area contributed by atoms with Crippen LogP contribution in [-0.2, 0) is 35.5 Å². The largest absolute Gasteiger partial charge is 0.488 e. The third kappa shape index (κ3) is 5.01. The van der Waals surface area contributed by atoms with Gasteiger partial charge in [-0.15, -0.1) is 0 Å². The predicted molar refractivity (Wildman–Crippen MR) is 126 cm³/mol. The summed E-state index contributed by atoms with van der Waals surface area (Å²) in [7, 11) is 1.30. The van der Waals surface area contributed by atoms with Crippen LogP contribution in [0.15, 0.2) is 59.7 Å². The van der Waals surface area contributed by atoms with Gasteiger partial charge in [0.2, 0.25) is 5.91 Å². The summed E-state index contributed by atoms with van der Waals surface area (Å²) in [6, 6.07) is 12.7. The monoisotopic (exact) mass is 461 g/mol. The van der Waals surface area contributed by atoms with Gasteiger partial charge in [-0.25, -0.2) is 4.79 Å². The molecule has 1 aliphatic rings. The normalized spacial score (nSPS) is 13.1. The van der Waals surface area contributed by atoms with Crippen molar-refractivity contribution < 1.29 is 19.1 Å². The Morgan fingerprint density at radius 2 is 1.82 bits per heavy atom. The molecular weight excluding hydrogens is 434 g/mol. The number of ether oxygens (including phenoxy) is 2. The van der Waals surface area contributed by atoms with Gasteiger partial charge in [0.05, 0.1) is 13.5 Å². The number of pyridine rings is 2. The van der Waals surface area contributed by atoms with E-state index in [1.54, 1.807) is 34.0 Å². The molecule has 0 bridgehead atoms. The fourth-order valence-corrected chi connectivity index (χ4v) is 4.16. The quantitative estimate of drug-likeness (QED) is 0.524. The van der Waals surface area contributed by atoms with Gasteiger partial charge < -0.3 is 18.9 Å². The maximum Gasteiger partial charge on any atom is 0.343 e. The molecule has 0 atom stereocenters. The summed E-state index contributed by atoms with van der Waals surface area (Å²) in [6.45, 7) is 3.23. The Morgan fingerprint density at radius 1 is 1.06 bits per heavy atom. The highest BCUT2D eigenvalue weighted by Crippen LogP contribution is 2.25. The molecule has 0 spiro atoms. The van der Waals surface area contributed by atoms with Gasteiger partial charge in [-0.1, -0.05) is 24.3 Å². The van der Waals surface area contributed by atoms with E-state index in [1.807, 2.05) is 31.2 Å². The Balaban J connectivity index is 1.59. The Labute approximate surface area is 197 Å². The summed E-state index contributed by atoms with van der Waals surface area (Å²) < 4.78 is 12.4. The lowest BCUT2D eigenvalue weighted by Gasteiger charge is -2.20. The van der Waals surface area contributed by atoms with Crippen LogP contribution in [0.1, 0.15) is 32.7 Å². The molecule has 1 amide bonds. The van der Waals surface area contributed by atoms with Crippen LogP contribution in [0, 0.1) is 6.92 Å². The smallest absolute Gasteiger partial charge is 0.343 e. The van der Waals surface area contributed by atoms with Crippen molar-refractivity contribution in [3.05, 3.63) is 93.2 Å². The van der Waals surface area contributed by atoms with E-state index in [4.69, 9.17) is 9.47 Å². The lowest BCUT2D eigenvalue weighted by molar-refractivity contribution is -0.130. The highest BCUT2D eigenvalue weighted by atomic mass is 16.5. The van der Waals surface area contributed by atoms with E-state index < -0.39 is 5.97 Å². The minimum Gasteiger partial charge on any atom is -0.488 e. The fraction of sp³-hybridized carbons (Fsp3) is 0.308. The molecule has 4 rings (SSSR count). The van der Waals surface area contributed by atoms with Crippen LogP contribution in [0.25, 0.3) is 0 Å². The lowest BCUT2D eigenvalue weighted by Crippen LogP contribution is -2.35. The number of esters is 1. The minimum absolute atomic E-state index is 0.0102. The highest BCUT2D eigenvalue weighted by molar-refractivity contribution is 5.93. The van der Waals surface area contributed by atoms with E-state index >= 15 is 0 Å². The number of amides is 1. The number of aryl methyl sites for hydroxylation is 1. The molecule has 0 fully saturated rings. The van der Waals surface area contributed by atoms with Gasteiger partial charge in [-0.2, -0.15) is 0 Å². The molecular formula is C26H27N3O5. The molecule has 3 aromatic rings. The number of aromatic nitrogens is 2. The number of hydrogen-bond acceptors (Lipinski definition) is 6. The molecule has 8 heteroatoms. The second kappa shape index (κ2) is 10.3. The second-order valence-corrected chi connectivity index (χ2v) is 8.19. The van der Waals surface area contributed by atoms with Crippen LogP contribution in [0.2, 0.25) is 0 Å². The van der Waals surface area contributed by atoms with Crippen LogP contribution in [0.5, 0.6) is 5.75 Å². The van der Waals surface area contributed by atoms with Gasteiger partial charge in [0.25, 0.3) is 5.56 Å². The number of carbonyl (C=O) groups is 2. The minimum atomic E-state index is -0.576.